The lowest BCUT2D eigenvalue weighted by Gasteiger charge is -2.15. The molecule has 2 fully saturated rings. The van der Waals surface area contributed by atoms with Crippen LogP contribution in [-0.2, 0) is 11.3 Å². The number of aromatic amines is 1. The van der Waals surface area contributed by atoms with Crippen molar-refractivity contribution in [2.45, 2.75) is 64.0 Å². The van der Waals surface area contributed by atoms with E-state index in [1.54, 1.807) is 4.57 Å². The monoisotopic (exact) mass is 332 g/mol. The van der Waals surface area contributed by atoms with Gasteiger partial charge in [-0.2, -0.15) is 4.98 Å². The average Bonchev–Trinajstić information content (AvgIpc) is 3.30. The van der Waals surface area contributed by atoms with Crippen molar-refractivity contribution < 1.29 is 9.47 Å². The summed E-state index contributed by atoms with van der Waals surface area (Å²) in [5, 5.41) is 0. The van der Waals surface area contributed by atoms with Gasteiger partial charge in [0.05, 0.1) is 13.2 Å². The highest BCUT2D eigenvalue weighted by Crippen LogP contribution is 2.33. The predicted molar refractivity (Wildman–Crippen MR) is 89.5 cm³/mol. The van der Waals surface area contributed by atoms with Gasteiger partial charge in [-0.25, -0.2) is 4.98 Å². The predicted octanol–water partition coefficient (Wildman–Crippen LogP) is 2.35. The molecule has 7 heteroatoms. The topological polar surface area (TPSA) is 82.0 Å². The molecule has 1 aliphatic carbocycles. The van der Waals surface area contributed by atoms with Gasteiger partial charge in [0.25, 0.3) is 5.56 Å². The maximum atomic E-state index is 12.9. The zero-order valence-electron chi connectivity index (χ0n) is 14.1. The van der Waals surface area contributed by atoms with Gasteiger partial charge in [-0.1, -0.05) is 19.8 Å². The van der Waals surface area contributed by atoms with E-state index in [1.165, 1.54) is 12.8 Å². The Morgan fingerprint density at radius 2 is 2.12 bits per heavy atom. The molecule has 0 amide bonds. The molecule has 1 aliphatic heterocycles. The second-order valence-electron chi connectivity index (χ2n) is 6.76. The van der Waals surface area contributed by atoms with Crippen LogP contribution in [0.5, 0.6) is 6.01 Å². The van der Waals surface area contributed by atoms with Crippen LogP contribution in [0.15, 0.2) is 4.79 Å². The van der Waals surface area contributed by atoms with Gasteiger partial charge in [0.1, 0.15) is 11.9 Å². The summed E-state index contributed by atoms with van der Waals surface area (Å²) in [6.45, 7) is 3.87. The first-order valence-electron chi connectivity index (χ1n) is 9.01. The molecule has 3 heterocycles. The van der Waals surface area contributed by atoms with Crippen LogP contribution in [0.2, 0.25) is 0 Å². The number of aromatic nitrogens is 4. The van der Waals surface area contributed by atoms with Crippen molar-refractivity contribution in [3.63, 3.8) is 0 Å². The molecular formula is C17H24N4O3. The summed E-state index contributed by atoms with van der Waals surface area (Å²) in [6.07, 6.45) is 6.35. The molecule has 2 aliphatic rings. The first-order valence-corrected chi connectivity index (χ1v) is 9.01. The third-order valence-electron chi connectivity index (χ3n) is 4.94. The summed E-state index contributed by atoms with van der Waals surface area (Å²) in [5.41, 5.74) is 0.885. The summed E-state index contributed by atoms with van der Waals surface area (Å²) < 4.78 is 12.9. The van der Waals surface area contributed by atoms with E-state index >= 15 is 0 Å². The number of rotatable bonds is 5. The van der Waals surface area contributed by atoms with Crippen molar-refractivity contribution in [2.75, 3.05) is 13.2 Å². The van der Waals surface area contributed by atoms with Gasteiger partial charge in [-0.05, 0) is 19.3 Å². The zero-order chi connectivity index (χ0) is 16.5. The number of hydrogen-bond acceptors (Lipinski definition) is 5. The van der Waals surface area contributed by atoms with E-state index < -0.39 is 0 Å². The van der Waals surface area contributed by atoms with Gasteiger partial charge in [-0.3, -0.25) is 9.36 Å². The molecule has 4 rings (SSSR count). The molecule has 24 heavy (non-hydrogen) atoms. The Bertz CT molecular complexity index is 770. The second kappa shape index (κ2) is 6.55. The van der Waals surface area contributed by atoms with Gasteiger partial charge in [0, 0.05) is 18.9 Å². The first-order chi connectivity index (χ1) is 11.8. The van der Waals surface area contributed by atoms with Gasteiger partial charge in [0.15, 0.2) is 11.2 Å². The summed E-state index contributed by atoms with van der Waals surface area (Å²) >= 11 is 0. The third kappa shape index (κ3) is 2.81. The molecule has 0 unspecified atom stereocenters. The van der Waals surface area contributed by atoms with E-state index in [-0.39, 0.29) is 11.7 Å². The van der Waals surface area contributed by atoms with E-state index in [0.29, 0.717) is 42.9 Å². The van der Waals surface area contributed by atoms with Crippen molar-refractivity contribution in [2.24, 2.45) is 0 Å². The number of nitrogens with zero attached hydrogens (tertiary/aromatic N) is 3. The highest BCUT2D eigenvalue weighted by atomic mass is 16.6. The maximum absolute atomic E-state index is 12.9. The van der Waals surface area contributed by atoms with Crippen molar-refractivity contribution in [3.05, 3.63) is 16.2 Å². The number of H-pyrrole nitrogens is 1. The molecule has 1 atom stereocenters. The van der Waals surface area contributed by atoms with Gasteiger partial charge in [0.2, 0.25) is 0 Å². The summed E-state index contributed by atoms with van der Waals surface area (Å²) in [4.78, 5) is 25.3. The Morgan fingerprint density at radius 1 is 1.29 bits per heavy atom. The Labute approximate surface area is 140 Å². The minimum atomic E-state index is -0.0903. The van der Waals surface area contributed by atoms with Crippen molar-refractivity contribution in [1.29, 1.82) is 0 Å². The van der Waals surface area contributed by atoms with E-state index in [2.05, 4.69) is 15.0 Å². The van der Waals surface area contributed by atoms with Gasteiger partial charge < -0.3 is 14.5 Å². The molecule has 2 aromatic rings. The molecule has 130 valence electrons. The van der Waals surface area contributed by atoms with E-state index in [1.807, 2.05) is 6.92 Å². The summed E-state index contributed by atoms with van der Waals surface area (Å²) in [7, 11) is 0. The fourth-order valence-corrected chi connectivity index (χ4v) is 3.64. The number of fused-ring (bicyclic) bond motifs is 1. The van der Waals surface area contributed by atoms with Crippen LogP contribution in [0.3, 0.4) is 0 Å². The van der Waals surface area contributed by atoms with Crippen LogP contribution in [0.1, 0.15) is 57.2 Å². The molecule has 2 aromatic heterocycles. The van der Waals surface area contributed by atoms with Crippen LogP contribution >= 0.6 is 0 Å². The lowest BCUT2D eigenvalue weighted by Crippen LogP contribution is -2.27. The molecular weight excluding hydrogens is 308 g/mol. The minimum absolute atomic E-state index is 0.0364. The molecule has 1 N–H and O–H groups in total. The Morgan fingerprint density at radius 3 is 2.83 bits per heavy atom. The van der Waals surface area contributed by atoms with Crippen LogP contribution in [-0.4, -0.2) is 38.8 Å². The van der Waals surface area contributed by atoms with Gasteiger partial charge in [-0.15, -0.1) is 0 Å². The third-order valence-corrected chi connectivity index (χ3v) is 4.94. The average molecular weight is 332 g/mol. The quantitative estimate of drug-likeness (QED) is 0.909. The van der Waals surface area contributed by atoms with Crippen LogP contribution in [0, 0.1) is 0 Å². The molecule has 7 nitrogen and oxygen atoms in total. The van der Waals surface area contributed by atoms with Crippen LogP contribution in [0.25, 0.3) is 11.2 Å². The highest BCUT2D eigenvalue weighted by Gasteiger charge is 2.25. The van der Waals surface area contributed by atoms with Crippen LogP contribution in [0.4, 0.5) is 0 Å². The van der Waals surface area contributed by atoms with E-state index in [9.17, 15) is 4.79 Å². The maximum Gasteiger partial charge on any atom is 0.301 e. The van der Waals surface area contributed by atoms with Crippen LogP contribution < -0.4 is 10.3 Å². The minimum Gasteiger partial charge on any atom is -0.459 e. The lowest BCUT2D eigenvalue weighted by molar-refractivity contribution is 0.129. The Balaban J connectivity index is 1.75. The SMILES string of the molecule is CCCn1c(O[C@@H]2CCOC2)nc2nc(C3CCCC3)[nH]c2c1=O. The summed E-state index contributed by atoms with van der Waals surface area (Å²) in [6, 6.07) is 0.370. The van der Waals surface area contributed by atoms with Crippen molar-refractivity contribution in [1.82, 2.24) is 19.5 Å². The smallest absolute Gasteiger partial charge is 0.301 e. The largest absolute Gasteiger partial charge is 0.459 e. The van der Waals surface area contributed by atoms with Gasteiger partial charge >= 0.3 is 6.01 Å². The van der Waals surface area contributed by atoms with E-state index in [4.69, 9.17) is 9.47 Å². The lowest BCUT2D eigenvalue weighted by atomic mass is 10.1. The standard InChI is InChI=1S/C17H24N4O3/c1-2-8-21-16(22)13-15(19-14(18-13)11-5-3-4-6-11)20-17(21)24-12-7-9-23-10-12/h11-12H,2-10H2,1H3,(H,18,19)/t12-/m1/s1. The highest BCUT2D eigenvalue weighted by molar-refractivity contribution is 5.70. The molecule has 0 aromatic carbocycles. The van der Waals surface area contributed by atoms with E-state index in [0.717, 1.165) is 31.5 Å². The first kappa shape index (κ1) is 15.6. The number of imidazole rings is 1. The number of hydrogen-bond donors (Lipinski definition) is 1. The summed E-state index contributed by atoms with van der Waals surface area (Å²) in [5.74, 6) is 1.32. The number of ether oxygens (including phenoxy) is 2. The fraction of sp³-hybridized carbons (Fsp3) is 0.706. The Hall–Kier alpha value is -1.89. The number of nitrogens with one attached hydrogen (secondary N) is 1. The van der Waals surface area contributed by atoms with Crippen molar-refractivity contribution >= 4 is 11.2 Å². The molecule has 1 saturated carbocycles. The Kier molecular flexibility index (Phi) is 4.26. The molecule has 0 spiro atoms. The molecule has 0 radical (unpaired) electrons. The van der Waals surface area contributed by atoms with Crippen molar-refractivity contribution in [3.8, 4) is 6.01 Å². The molecule has 0 bridgehead atoms. The molecule has 1 saturated heterocycles. The second-order valence-corrected chi connectivity index (χ2v) is 6.76. The fourth-order valence-electron chi connectivity index (χ4n) is 3.64. The normalized spacial score (nSPS) is 21.8. The zero-order valence-corrected chi connectivity index (χ0v) is 14.1.